The van der Waals surface area contributed by atoms with E-state index in [0.29, 0.717) is 28.0 Å². The van der Waals surface area contributed by atoms with Crippen LogP contribution in [0.3, 0.4) is 0 Å². The van der Waals surface area contributed by atoms with Crippen molar-refractivity contribution >= 4 is 40.6 Å². The number of benzene rings is 1. The second-order valence-electron chi connectivity index (χ2n) is 4.96. The van der Waals surface area contributed by atoms with Crippen LogP contribution in [0.25, 0.3) is 5.70 Å². The van der Waals surface area contributed by atoms with Crippen LogP contribution in [0.2, 0.25) is 5.02 Å². The Kier molecular flexibility index (Phi) is 5.80. The number of hydrogen-bond acceptors (Lipinski definition) is 3. The van der Waals surface area contributed by atoms with Crippen molar-refractivity contribution in [2.24, 2.45) is 0 Å². The van der Waals surface area contributed by atoms with Gasteiger partial charge in [-0.25, -0.2) is 4.79 Å². The zero-order valence-electron chi connectivity index (χ0n) is 12.6. The van der Waals surface area contributed by atoms with E-state index < -0.39 is 0 Å². The molecule has 0 aromatic heterocycles. The van der Waals surface area contributed by atoms with Crippen LogP contribution in [0.4, 0.5) is 0 Å². The molecule has 1 heterocycles. The Morgan fingerprint density at radius 2 is 2.00 bits per heavy atom. The predicted molar refractivity (Wildman–Crippen MR) is 92.6 cm³/mol. The van der Waals surface area contributed by atoms with Crippen LogP contribution in [-0.4, -0.2) is 23.7 Å². The summed E-state index contributed by atoms with van der Waals surface area (Å²) in [6, 6.07) is 7.15. The maximum atomic E-state index is 12.4. The molecule has 0 radical (unpaired) electrons. The van der Waals surface area contributed by atoms with Crippen molar-refractivity contribution in [3.8, 4) is 0 Å². The lowest BCUT2D eigenvalue weighted by molar-refractivity contribution is -0.138. The van der Waals surface area contributed by atoms with Crippen molar-refractivity contribution < 1.29 is 9.53 Å². The summed E-state index contributed by atoms with van der Waals surface area (Å²) in [6.45, 7) is 4.20. The molecule has 0 fully saturated rings. The number of thiocarbonyl (C=S) groups is 1. The fourth-order valence-electron chi connectivity index (χ4n) is 2.42. The Labute approximate surface area is 140 Å². The molecule has 1 aliphatic heterocycles. The average Bonchev–Trinajstić information content (AvgIpc) is 2.48. The van der Waals surface area contributed by atoms with Gasteiger partial charge in [0.25, 0.3) is 0 Å². The summed E-state index contributed by atoms with van der Waals surface area (Å²) in [7, 11) is 0. The van der Waals surface area contributed by atoms with Crippen LogP contribution < -0.4 is 10.6 Å². The normalized spacial score (nSPS) is 17.8. The average molecular weight is 339 g/mol. The summed E-state index contributed by atoms with van der Waals surface area (Å²) >= 11 is 11.2. The van der Waals surface area contributed by atoms with Gasteiger partial charge in [0.05, 0.1) is 23.9 Å². The summed E-state index contributed by atoms with van der Waals surface area (Å²) < 4.78 is 5.22. The number of carbonyl (C=O) groups is 1. The second kappa shape index (κ2) is 7.61. The lowest BCUT2D eigenvalue weighted by atomic mass is 9.95. The molecule has 22 heavy (non-hydrogen) atoms. The highest BCUT2D eigenvalue weighted by Gasteiger charge is 2.31. The monoisotopic (exact) mass is 338 g/mol. The lowest BCUT2D eigenvalue weighted by Gasteiger charge is -2.30. The Morgan fingerprint density at radius 3 is 2.59 bits per heavy atom. The van der Waals surface area contributed by atoms with Gasteiger partial charge in [-0.3, -0.25) is 0 Å². The van der Waals surface area contributed by atoms with Crippen LogP contribution in [0.5, 0.6) is 0 Å². The molecule has 118 valence electrons. The van der Waals surface area contributed by atoms with Crippen LogP contribution >= 0.6 is 23.8 Å². The van der Waals surface area contributed by atoms with E-state index in [9.17, 15) is 4.79 Å². The summed E-state index contributed by atoms with van der Waals surface area (Å²) in [5, 5.41) is 7.39. The van der Waals surface area contributed by atoms with E-state index in [0.717, 1.165) is 18.4 Å². The van der Waals surface area contributed by atoms with Crippen molar-refractivity contribution in [1.29, 1.82) is 0 Å². The molecule has 1 aliphatic rings. The third kappa shape index (κ3) is 3.78. The zero-order chi connectivity index (χ0) is 16.1. The molecular formula is C16H19ClN2O2S. The van der Waals surface area contributed by atoms with Gasteiger partial charge in [-0.2, -0.15) is 0 Å². The van der Waals surface area contributed by atoms with Crippen molar-refractivity contribution in [1.82, 2.24) is 10.6 Å². The molecule has 1 unspecified atom stereocenters. The number of carbonyl (C=O) groups excluding carboxylic acids is 1. The molecule has 0 spiro atoms. The molecular weight excluding hydrogens is 320 g/mol. The Morgan fingerprint density at radius 1 is 1.32 bits per heavy atom. The number of rotatable bonds is 5. The van der Waals surface area contributed by atoms with E-state index in [2.05, 4.69) is 17.6 Å². The summed E-state index contributed by atoms with van der Waals surface area (Å²) in [5.41, 5.74) is 2.13. The minimum absolute atomic E-state index is 0.150. The predicted octanol–water partition coefficient (Wildman–Crippen LogP) is 3.26. The van der Waals surface area contributed by atoms with E-state index in [1.54, 1.807) is 19.1 Å². The van der Waals surface area contributed by atoms with Gasteiger partial charge in [-0.1, -0.05) is 37.1 Å². The SMILES string of the molecule is CCCC1NC(=S)NC(c2ccc(Cl)cc2)=C1C(=O)OCC. The smallest absolute Gasteiger partial charge is 0.338 e. The van der Waals surface area contributed by atoms with Gasteiger partial charge in [0, 0.05) is 5.02 Å². The van der Waals surface area contributed by atoms with Gasteiger partial charge in [-0.05, 0) is 43.3 Å². The first kappa shape index (κ1) is 16.8. The quantitative estimate of drug-likeness (QED) is 0.637. The highest BCUT2D eigenvalue weighted by Crippen LogP contribution is 2.26. The molecule has 1 atom stereocenters. The molecule has 0 saturated carbocycles. The first-order valence-corrected chi connectivity index (χ1v) is 8.10. The Balaban J connectivity index is 2.51. The minimum atomic E-state index is -0.326. The van der Waals surface area contributed by atoms with Crippen LogP contribution in [-0.2, 0) is 9.53 Å². The third-order valence-corrected chi connectivity index (χ3v) is 3.84. The van der Waals surface area contributed by atoms with Gasteiger partial charge < -0.3 is 15.4 Å². The number of halogens is 1. The zero-order valence-corrected chi connectivity index (χ0v) is 14.2. The number of hydrogen-bond donors (Lipinski definition) is 2. The maximum Gasteiger partial charge on any atom is 0.338 e. The highest BCUT2D eigenvalue weighted by molar-refractivity contribution is 7.80. The van der Waals surface area contributed by atoms with Gasteiger partial charge in [-0.15, -0.1) is 0 Å². The first-order valence-electron chi connectivity index (χ1n) is 7.31. The van der Waals surface area contributed by atoms with E-state index in [1.165, 1.54) is 0 Å². The summed E-state index contributed by atoms with van der Waals surface area (Å²) in [6.07, 6.45) is 1.73. The topological polar surface area (TPSA) is 50.4 Å². The summed E-state index contributed by atoms with van der Waals surface area (Å²) in [4.78, 5) is 12.4. The van der Waals surface area contributed by atoms with E-state index >= 15 is 0 Å². The molecule has 0 amide bonds. The largest absolute Gasteiger partial charge is 0.463 e. The fourth-order valence-corrected chi connectivity index (χ4v) is 2.79. The Bertz CT molecular complexity index is 599. The van der Waals surface area contributed by atoms with E-state index in [-0.39, 0.29) is 12.0 Å². The molecule has 0 aliphatic carbocycles. The summed E-state index contributed by atoms with van der Waals surface area (Å²) in [5.74, 6) is -0.326. The maximum absolute atomic E-state index is 12.4. The van der Waals surface area contributed by atoms with Crippen molar-refractivity contribution in [3.63, 3.8) is 0 Å². The van der Waals surface area contributed by atoms with Crippen molar-refractivity contribution in [2.45, 2.75) is 32.7 Å². The van der Waals surface area contributed by atoms with Gasteiger partial charge in [0.15, 0.2) is 5.11 Å². The Hall–Kier alpha value is -1.59. The molecule has 0 bridgehead atoms. The first-order chi connectivity index (χ1) is 10.6. The standard InChI is InChI=1S/C16H19ClN2O2S/c1-3-5-12-13(15(20)21-4-2)14(19-16(22)18-12)10-6-8-11(17)9-7-10/h6-9,12H,3-5H2,1-2H3,(H2,18,19,22). The molecule has 1 aromatic rings. The second-order valence-corrected chi connectivity index (χ2v) is 5.80. The number of ether oxygens (including phenoxy) is 1. The molecule has 1 aromatic carbocycles. The van der Waals surface area contributed by atoms with E-state index in [4.69, 9.17) is 28.6 Å². The molecule has 4 nitrogen and oxygen atoms in total. The van der Waals surface area contributed by atoms with E-state index in [1.807, 2.05) is 12.1 Å². The third-order valence-electron chi connectivity index (χ3n) is 3.37. The van der Waals surface area contributed by atoms with Crippen molar-refractivity contribution in [3.05, 3.63) is 40.4 Å². The molecule has 2 N–H and O–H groups in total. The molecule has 2 rings (SSSR count). The molecule has 0 saturated heterocycles. The van der Waals surface area contributed by atoms with Crippen LogP contribution in [0.1, 0.15) is 32.3 Å². The number of nitrogens with one attached hydrogen (secondary N) is 2. The minimum Gasteiger partial charge on any atom is -0.463 e. The highest BCUT2D eigenvalue weighted by atomic mass is 35.5. The van der Waals surface area contributed by atoms with Crippen molar-refractivity contribution in [2.75, 3.05) is 6.61 Å². The van der Waals surface area contributed by atoms with Crippen LogP contribution in [0.15, 0.2) is 29.8 Å². The van der Waals surface area contributed by atoms with Crippen LogP contribution in [0, 0.1) is 0 Å². The number of esters is 1. The van der Waals surface area contributed by atoms with Gasteiger partial charge in [0.1, 0.15) is 0 Å². The molecule has 6 heteroatoms. The lowest BCUT2D eigenvalue weighted by Crippen LogP contribution is -2.49. The van der Waals surface area contributed by atoms with Gasteiger partial charge in [0.2, 0.25) is 0 Å². The fraction of sp³-hybridized carbons (Fsp3) is 0.375. The van der Waals surface area contributed by atoms with Gasteiger partial charge >= 0.3 is 5.97 Å².